The number of primary amides is 1. The number of hydrogen-bond donors (Lipinski definition) is 2. The van der Waals surface area contributed by atoms with Gasteiger partial charge in [-0.2, -0.15) is 0 Å². The summed E-state index contributed by atoms with van der Waals surface area (Å²) >= 11 is 2.18. The van der Waals surface area contributed by atoms with Gasteiger partial charge in [-0.1, -0.05) is 6.07 Å². The van der Waals surface area contributed by atoms with Crippen LogP contribution in [0.5, 0.6) is 5.75 Å². The molecule has 0 saturated heterocycles. The van der Waals surface area contributed by atoms with E-state index in [1.165, 1.54) is 0 Å². The number of carbonyl (C=O) groups excluding carboxylic acids is 2. The van der Waals surface area contributed by atoms with E-state index in [2.05, 4.69) is 27.9 Å². The molecule has 0 radical (unpaired) electrons. The van der Waals surface area contributed by atoms with Gasteiger partial charge < -0.3 is 15.8 Å². The van der Waals surface area contributed by atoms with Crippen molar-refractivity contribution in [1.29, 1.82) is 0 Å². The summed E-state index contributed by atoms with van der Waals surface area (Å²) < 4.78 is 6.63. The van der Waals surface area contributed by atoms with Crippen molar-refractivity contribution in [2.45, 2.75) is 13.0 Å². The van der Waals surface area contributed by atoms with E-state index in [-0.39, 0.29) is 5.91 Å². The molecule has 0 fully saturated rings. The molecule has 0 bridgehead atoms. The predicted molar refractivity (Wildman–Crippen MR) is 92.8 cm³/mol. The fraction of sp³-hybridized carbons (Fsp3) is 0.125. The van der Waals surface area contributed by atoms with Gasteiger partial charge in [0.15, 0.2) is 6.10 Å². The molecule has 2 amide bonds. The van der Waals surface area contributed by atoms with Gasteiger partial charge in [0.05, 0.1) is 0 Å². The van der Waals surface area contributed by atoms with Crippen molar-refractivity contribution >= 4 is 40.1 Å². The van der Waals surface area contributed by atoms with Crippen LogP contribution in [0, 0.1) is 3.57 Å². The molecule has 0 aliphatic carbocycles. The van der Waals surface area contributed by atoms with Gasteiger partial charge in [-0.05, 0) is 72.0 Å². The van der Waals surface area contributed by atoms with Gasteiger partial charge in [0, 0.05) is 14.8 Å². The average molecular weight is 410 g/mol. The number of anilines is 1. The maximum absolute atomic E-state index is 12.1. The lowest BCUT2D eigenvalue weighted by atomic mass is 10.2. The molecular weight excluding hydrogens is 395 g/mol. The van der Waals surface area contributed by atoms with Crippen molar-refractivity contribution in [1.82, 2.24) is 0 Å². The summed E-state index contributed by atoms with van der Waals surface area (Å²) in [6.45, 7) is 1.67. The molecule has 3 N–H and O–H groups in total. The standard InChI is InChI=1S/C16H15IN2O3/c1-10(22-14-4-2-3-12(17)9-14)16(21)19-13-7-5-11(6-8-13)15(18)20/h2-10H,1H3,(H2,18,20)(H,19,21). The third kappa shape index (κ3) is 4.45. The Balaban J connectivity index is 1.97. The summed E-state index contributed by atoms with van der Waals surface area (Å²) in [4.78, 5) is 23.1. The van der Waals surface area contributed by atoms with E-state index in [9.17, 15) is 9.59 Å². The number of nitrogens with two attached hydrogens (primary N) is 1. The summed E-state index contributed by atoms with van der Waals surface area (Å²) in [7, 11) is 0. The van der Waals surface area contributed by atoms with Gasteiger partial charge in [0.1, 0.15) is 5.75 Å². The summed E-state index contributed by atoms with van der Waals surface area (Å²) in [5.41, 5.74) is 6.13. The number of nitrogens with one attached hydrogen (secondary N) is 1. The van der Waals surface area contributed by atoms with Gasteiger partial charge in [-0.3, -0.25) is 9.59 Å². The molecule has 2 aromatic rings. The zero-order valence-corrected chi connectivity index (χ0v) is 14.0. The topological polar surface area (TPSA) is 81.4 Å². The Labute approximate surface area is 142 Å². The van der Waals surface area contributed by atoms with Crippen LogP contribution in [0.2, 0.25) is 0 Å². The van der Waals surface area contributed by atoms with Crippen molar-refractivity contribution in [2.24, 2.45) is 5.73 Å². The monoisotopic (exact) mass is 410 g/mol. The lowest BCUT2D eigenvalue weighted by Gasteiger charge is -2.15. The molecule has 2 rings (SSSR count). The quantitative estimate of drug-likeness (QED) is 0.744. The van der Waals surface area contributed by atoms with Crippen molar-refractivity contribution in [3.8, 4) is 5.75 Å². The fourth-order valence-electron chi connectivity index (χ4n) is 1.76. The Kier molecular flexibility index (Phi) is 5.37. The number of ether oxygens (including phenoxy) is 1. The first-order valence-electron chi connectivity index (χ1n) is 6.58. The fourth-order valence-corrected chi connectivity index (χ4v) is 2.27. The van der Waals surface area contributed by atoms with E-state index in [1.807, 2.05) is 18.2 Å². The van der Waals surface area contributed by atoms with Crippen LogP contribution < -0.4 is 15.8 Å². The van der Waals surface area contributed by atoms with Crippen LogP contribution in [-0.4, -0.2) is 17.9 Å². The Morgan fingerprint density at radius 2 is 1.86 bits per heavy atom. The van der Waals surface area contributed by atoms with Gasteiger partial charge in [0.25, 0.3) is 5.91 Å². The zero-order chi connectivity index (χ0) is 16.1. The van der Waals surface area contributed by atoms with Crippen molar-refractivity contribution in [3.63, 3.8) is 0 Å². The van der Waals surface area contributed by atoms with E-state index >= 15 is 0 Å². The number of amides is 2. The largest absolute Gasteiger partial charge is 0.481 e. The predicted octanol–water partition coefficient (Wildman–Crippen LogP) is 2.80. The number of carbonyl (C=O) groups is 2. The van der Waals surface area contributed by atoms with E-state index < -0.39 is 12.0 Å². The highest BCUT2D eigenvalue weighted by Crippen LogP contribution is 2.17. The van der Waals surface area contributed by atoms with Crippen LogP contribution in [0.15, 0.2) is 48.5 Å². The SMILES string of the molecule is CC(Oc1cccc(I)c1)C(=O)Nc1ccc(C(N)=O)cc1. The van der Waals surface area contributed by atoms with E-state index in [4.69, 9.17) is 10.5 Å². The molecule has 2 aromatic carbocycles. The molecule has 1 atom stereocenters. The maximum atomic E-state index is 12.1. The molecule has 1 unspecified atom stereocenters. The average Bonchev–Trinajstić information content (AvgIpc) is 2.47. The van der Waals surface area contributed by atoms with Gasteiger partial charge >= 0.3 is 0 Å². The lowest BCUT2D eigenvalue weighted by Crippen LogP contribution is -2.30. The van der Waals surface area contributed by atoms with Crippen LogP contribution >= 0.6 is 22.6 Å². The summed E-state index contributed by atoms with van der Waals surface area (Å²) in [5, 5.41) is 2.72. The molecule has 0 aliphatic heterocycles. The van der Waals surface area contributed by atoms with Crippen LogP contribution in [0.4, 0.5) is 5.69 Å². The first-order valence-corrected chi connectivity index (χ1v) is 7.66. The Morgan fingerprint density at radius 3 is 2.45 bits per heavy atom. The van der Waals surface area contributed by atoms with Gasteiger partial charge in [0.2, 0.25) is 5.91 Å². The second kappa shape index (κ2) is 7.26. The molecule has 0 saturated carbocycles. The second-order valence-electron chi connectivity index (χ2n) is 4.65. The molecule has 22 heavy (non-hydrogen) atoms. The molecule has 114 valence electrons. The highest BCUT2D eigenvalue weighted by atomic mass is 127. The van der Waals surface area contributed by atoms with Crippen LogP contribution in [-0.2, 0) is 4.79 Å². The molecule has 0 heterocycles. The first-order chi connectivity index (χ1) is 10.5. The summed E-state index contributed by atoms with van der Waals surface area (Å²) in [6.07, 6.45) is -0.644. The zero-order valence-electron chi connectivity index (χ0n) is 11.9. The maximum Gasteiger partial charge on any atom is 0.265 e. The highest BCUT2D eigenvalue weighted by Gasteiger charge is 2.15. The third-order valence-corrected chi connectivity index (χ3v) is 3.59. The minimum absolute atomic E-state index is 0.273. The van der Waals surface area contributed by atoms with Crippen LogP contribution in [0.1, 0.15) is 17.3 Å². The first kappa shape index (κ1) is 16.3. The molecule has 6 heteroatoms. The van der Waals surface area contributed by atoms with Crippen LogP contribution in [0.3, 0.4) is 0 Å². The highest BCUT2D eigenvalue weighted by molar-refractivity contribution is 14.1. The third-order valence-electron chi connectivity index (χ3n) is 2.92. The molecular formula is C16H15IN2O3. The van der Waals surface area contributed by atoms with Gasteiger partial charge in [-0.15, -0.1) is 0 Å². The number of rotatable bonds is 5. The number of halogens is 1. The smallest absolute Gasteiger partial charge is 0.265 e. The van der Waals surface area contributed by atoms with E-state index in [1.54, 1.807) is 37.3 Å². The molecule has 5 nitrogen and oxygen atoms in total. The number of benzene rings is 2. The minimum atomic E-state index is -0.644. The summed E-state index contributed by atoms with van der Waals surface area (Å²) in [6, 6.07) is 13.8. The van der Waals surface area contributed by atoms with Crippen LogP contribution in [0.25, 0.3) is 0 Å². The van der Waals surface area contributed by atoms with Gasteiger partial charge in [-0.25, -0.2) is 0 Å². The Hall–Kier alpha value is -2.09. The van der Waals surface area contributed by atoms with Crippen molar-refractivity contribution in [2.75, 3.05) is 5.32 Å². The molecule has 0 aromatic heterocycles. The lowest BCUT2D eigenvalue weighted by molar-refractivity contribution is -0.122. The van der Waals surface area contributed by atoms with Crippen molar-refractivity contribution < 1.29 is 14.3 Å². The Bertz CT molecular complexity index is 686. The minimum Gasteiger partial charge on any atom is -0.481 e. The van der Waals surface area contributed by atoms with E-state index in [0.29, 0.717) is 17.0 Å². The second-order valence-corrected chi connectivity index (χ2v) is 5.89. The Morgan fingerprint density at radius 1 is 1.18 bits per heavy atom. The number of hydrogen-bond acceptors (Lipinski definition) is 3. The van der Waals surface area contributed by atoms with E-state index in [0.717, 1.165) is 3.57 Å². The molecule has 0 spiro atoms. The molecule has 0 aliphatic rings. The normalized spacial score (nSPS) is 11.5. The van der Waals surface area contributed by atoms with Crippen molar-refractivity contribution in [3.05, 3.63) is 57.7 Å². The summed E-state index contributed by atoms with van der Waals surface area (Å²) in [5.74, 6) is -0.141.